The summed E-state index contributed by atoms with van der Waals surface area (Å²) in [6.07, 6.45) is 0.880. The SMILES string of the molecule is COCc1cc(Cl)cc(CC=O)c1O. The highest BCUT2D eigenvalue weighted by atomic mass is 35.5. The Kier molecular flexibility index (Phi) is 3.92. The van der Waals surface area contributed by atoms with Crippen molar-refractivity contribution in [1.29, 1.82) is 0 Å². The predicted octanol–water partition coefficient (Wildman–Crippen LogP) is 1.93. The lowest BCUT2D eigenvalue weighted by atomic mass is 10.1. The van der Waals surface area contributed by atoms with Crippen LogP contribution in [0, 0.1) is 0 Å². The predicted molar refractivity (Wildman–Crippen MR) is 53.6 cm³/mol. The molecule has 0 unspecified atom stereocenters. The molecule has 0 bridgehead atoms. The van der Waals surface area contributed by atoms with Gasteiger partial charge >= 0.3 is 0 Å². The molecule has 0 heterocycles. The summed E-state index contributed by atoms with van der Waals surface area (Å²) in [5, 5.41) is 10.2. The normalized spacial score (nSPS) is 10.1. The third kappa shape index (κ3) is 2.47. The van der Waals surface area contributed by atoms with Crippen LogP contribution in [-0.2, 0) is 22.6 Å². The molecule has 1 rings (SSSR count). The van der Waals surface area contributed by atoms with Gasteiger partial charge in [-0.15, -0.1) is 0 Å². The van der Waals surface area contributed by atoms with Gasteiger partial charge in [-0.05, 0) is 12.1 Å². The molecule has 0 fully saturated rings. The van der Waals surface area contributed by atoms with Crippen LogP contribution >= 0.6 is 11.6 Å². The molecule has 4 heteroatoms. The Morgan fingerprint density at radius 1 is 1.50 bits per heavy atom. The van der Waals surface area contributed by atoms with Gasteiger partial charge in [0.25, 0.3) is 0 Å². The second-order valence-corrected chi connectivity index (χ2v) is 3.31. The summed E-state index contributed by atoms with van der Waals surface area (Å²) in [6, 6.07) is 3.19. The molecule has 1 aromatic carbocycles. The molecule has 1 aromatic rings. The standard InChI is InChI=1S/C10H11ClO3/c1-14-6-8-5-9(11)4-7(2-3-12)10(8)13/h3-5,13H,2,6H2,1H3. The second-order valence-electron chi connectivity index (χ2n) is 2.88. The smallest absolute Gasteiger partial charge is 0.124 e. The van der Waals surface area contributed by atoms with Crippen LogP contribution in [-0.4, -0.2) is 18.5 Å². The number of aromatic hydroxyl groups is 1. The Balaban J connectivity index is 3.10. The number of carbonyl (C=O) groups excluding carboxylic acids is 1. The van der Waals surface area contributed by atoms with E-state index in [1.165, 1.54) is 7.11 Å². The van der Waals surface area contributed by atoms with Gasteiger partial charge in [0.05, 0.1) is 6.61 Å². The molecular formula is C10H11ClO3. The second kappa shape index (κ2) is 4.98. The largest absolute Gasteiger partial charge is 0.507 e. The molecular weight excluding hydrogens is 204 g/mol. The van der Waals surface area contributed by atoms with E-state index in [9.17, 15) is 9.90 Å². The number of methoxy groups -OCH3 is 1. The molecule has 0 aliphatic heterocycles. The Bertz CT molecular complexity index is 336. The average molecular weight is 215 g/mol. The fraction of sp³-hybridized carbons (Fsp3) is 0.300. The number of carbonyl (C=O) groups is 1. The van der Waals surface area contributed by atoms with E-state index in [1.54, 1.807) is 12.1 Å². The van der Waals surface area contributed by atoms with Crippen molar-refractivity contribution in [2.24, 2.45) is 0 Å². The molecule has 0 saturated heterocycles. The zero-order valence-electron chi connectivity index (χ0n) is 7.79. The number of phenolic OH excluding ortho intramolecular Hbond substituents is 1. The van der Waals surface area contributed by atoms with E-state index in [0.29, 0.717) is 16.1 Å². The highest BCUT2D eigenvalue weighted by Gasteiger charge is 2.08. The van der Waals surface area contributed by atoms with Gasteiger partial charge in [0.1, 0.15) is 12.0 Å². The number of ether oxygens (including phenoxy) is 1. The first-order chi connectivity index (χ1) is 6.69. The van der Waals surface area contributed by atoms with Gasteiger partial charge < -0.3 is 14.6 Å². The van der Waals surface area contributed by atoms with Crippen LogP contribution < -0.4 is 0 Å². The highest BCUT2D eigenvalue weighted by Crippen LogP contribution is 2.27. The first-order valence-corrected chi connectivity index (χ1v) is 4.49. The fourth-order valence-electron chi connectivity index (χ4n) is 1.23. The molecule has 0 spiro atoms. The minimum atomic E-state index is 0.0864. The summed E-state index contributed by atoms with van der Waals surface area (Å²) in [7, 11) is 1.53. The Morgan fingerprint density at radius 2 is 2.14 bits per heavy atom. The zero-order valence-corrected chi connectivity index (χ0v) is 8.54. The van der Waals surface area contributed by atoms with E-state index >= 15 is 0 Å². The Morgan fingerprint density at radius 3 is 2.71 bits per heavy atom. The molecule has 0 radical (unpaired) electrons. The average Bonchev–Trinajstić information content (AvgIpc) is 2.14. The van der Waals surface area contributed by atoms with Crippen LogP contribution in [0.1, 0.15) is 11.1 Å². The van der Waals surface area contributed by atoms with Crippen molar-refractivity contribution in [3.8, 4) is 5.75 Å². The van der Waals surface area contributed by atoms with Crippen molar-refractivity contribution >= 4 is 17.9 Å². The van der Waals surface area contributed by atoms with Gasteiger partial charge in [0, 0.05) is 29.7 Å². The van der Waals surface area contributed by atoms with E-state index in [0.717, 1.165) is 6.29 Å². The van der Waals surface area contributed by atoms with E-state index in [2.05, 4.69) is 0 Å². The maximum Gasteiger partial charge on any atom is 0.124 e. The minimum absolute atomic E-state index is 0.0864. The van der Waals surface area contributed by atoms with Crippen molar-refractivity contribution in [2.75, 3.05) is 7.11 Å². The van der Waals surface area contributed by atoms with Crippen molar-refractivity contribution in [3.05, 3.63) is 28.3 Å². The third-order valence-electron chi connectivity index (χ3n) is 1.84. The van der Waals surface area contributed by atoms with Crippen molar-refractivity contribution in [1.82, 2.24) is 0 Å². The molecule has 0 aliphatic carbocycles. The summed E-state index contributed by atoms with van der Waals surface area (Å²) in [6.45, 7) is 0.276. The molecule has 0 aromatic heterocycles. The van der Waals surface area contributed by atoms with E-state index < -0.39 is 0 Å². The number of hydrogen-bond acceptors (Lipinski definition) is 3. The van der Waals surface area contributed by atoms with Crippen LogP contribution in [0.4, 0.5) is 0 Å². The van der Waals surface area contributed by atoms with Crippen LogP contribution in [0.3, 0.4) is 0 Å². The summed E-state index contributed by atoms with van der Waals surface area (Å²) in [4.78, 5) is 10.3. The number of hydrogen-bond donors (Lipinski definition) is 1. The van der Waals surface area contributed by atoms with Gasteiger partial charge in [0.15, 0.2) is 0 Å². The molecule has 0 atom stereocenters. The summed E-state index contributed by atoms with van der Waals surface area (Å²) in [5.74, 6) is 0.0864. The van der Waals surface area contributed by atoms with Gasteiger partial charge in [-0.1, -0.05) is 11.6 Å². The monoisotopic (exact) mass is 214 g/mol. The van der Waals surface area contributed by atoms with Crippen molar-refractivity contribution in [3.63, 3.8) is 0 Å². The first kappa shape index (κ1) is 11.0. The van der Waals surface area contributed by atoms with Crippen LogP contribution in [0.2, 0.25) is 5.02 Å². The number of benzene rings is 1. The zero-order chi connectivity index (χ0) is 10.6. The third-order valence-corrected chi connectivity index (χ3v) is 2.05. The number of phenols is 1. The highest BCUT2D eigenvalue weighted by molar-refractivity contribution is 6.30. The maximum atomic E-state index is 10.3. The fourth-order valence-corrected chi connectivity index (χ4v) is 1.49. The summed E-state index contributed by atoms with van der Waals surface area (Å²) in [5.41, 5.74) is 1.12. The molecule has 14 heavy (non-hydrogen) atoms. The quantitative estimate of drug-likeness (QED) is 0.780. The lowest BCUT2D eigenvalue weighted by Gasteiger charge is -2.08. The molecule has 3 nitrogen and oxygen atoms in total. The number of aldehydes is 1. The van der Waals surface area contributed by atoms with E-state index in [4.69, 9.17) is 16.3 Å². The van der Waals surface area contributed by atoms with E-state index in [1.807, 2.05) is 0 Å². The Hall–Kier alpha value is -1.06. The lowest BCUT2D eigenvalue weighted by molar-refractivity contribution is -0.107. The van der Waals surface area contributed by atoms with E-state index in [-0.39, 0.29) is 18.8 Å². The lowest BCUT2D eigenvalue weighted by Crippen LogP contribution is -1.94. The van der Waals surface area contributed by atoms with Gasteiger partial charge in [-0.2, -0.15) is 0 Å². The van der Waals surface area contributed by atoms with Crippen LogP contribution in [0.5, 0.6) is 5.75 Å². The molecule has 1 N–H and O–H groups in total. The van der Waals surface area contributed by atoms with Gasteiger partial charge in [0.2, 0.25) is 0 Å². The van der Waals surface area contributed by atoms with Gasteiger partial charge in [-0.25, -0.2) is 0 Å². The Labute approximate surface area is 87.3 Å². The van der Waals surface area contributed by atoms with Crippen LogP contribution in [0.25, 0.3) is 0 Å². The van der Waals surface area contributed by atoms with Crippen molar-refractivity contribution < 1.29 is 14.6 Å². The van der Waals surface area contributed by atoms with Gasteiger partial charge in [-0.3, -0.25) is 0 Å². The molecule has 76 valence electrons. The van der Waals surface area contributed by atoms with Crippen LogP contribution in [0.15, 0.2) is 12.1 Å². The number of rotatable bonds is 4. The van der Waals surface area contributed by atoms with Crippen molar-refractivity contribution in [2.45, 2.75) is 13.0 Å². The topological polar surface area (TPSA) is 46.5 Å². The summed E-state index contributed by atoms with van der Waals surface area (Å²) >= 11 is 5.81. The maximum absolute atomic E-state index is 10.3. The minimum Gasteiger partial charge on any atom is -0.507 e. The number of halogens is 1. The molecule has 0 amide bonds. The molecule has 0 saturated carbocycles. The first-order valence-electron chi connectivity index (χ1n) is 4.12. The summed E-state index contributed by atoms with van der Waals surface area (Å²) < 4.78 is 4.89. The molecule has 0 aliphatic rings.